The molecule has 1 aromatic heterocycles. The van der Waals surface area contributed by atoms with Crippen molar-refractivity contribution < 1.29 is 19.4 Å². The molecule has 3 unspecified atom stereocenters. The van der Waals surface area contributed by atoms with Crippen LogP contribution in [0.1, 0.15) is 64.6 Å². The molecule has 212 valence electrons. The third-order valence-electron chi connectivity index (χ3n) is 9.32. The number of cyclic esters (lactones) is 1. The quantitative estimate of drug-likeness (QED) is 0.293. The molecule has 1 spiro atoms. The van der Waals surface area contributed by atoms with Crippen molar-refractivity contribution in [3.63, 3.8) is 0 Å². The number of amides is 1. The first-order valence-electron chi connectivity index (χ1n) is 14.2. The van der Waals surface area contributed by atoms with E-state index in [0.717, 1.165) is 17.7 Å². The van der Waals surface area contributed by atoms with Gasteiger partial charge < -0.3 is 25.8 Å². The normalized spacial score (nSPS) is 25.7. The van der Waals surface area contributed by atoms with Crippen LogP contribution in [0.5, 0.6) is 0 Å². The lowest BCUT2D eigenvalue weighted by molar-refractivity contribution is 0.00953. The van der Waals surface area contributed by atoms with Crippen LogP contribution in [-0.4, -0.2) is 63.6 Å². The molecule has 10 heteroatoms. The first-order valence-corrected chi connectivity index (χ1v) is 14.2. The minimum absolute atomic E-state index is 0.187. The van der Waals surface area contributed by atoms with Crippen LogP contribution in [-0.2, 0) is 10.3 Å². The number of benzene rings is 2. The third kappa shape index (κ3) is 4.42. The molecule has 41 heavy (non-hydrogen) atoms. The Balaban J connectivity index is 1.14. The van der Waals surface area contributed by atoms with Crippen molar-refractivity contribution in [2.45, 2.75) is 43.9 Å². The van der Waals surface area contributed by atoms with Gasteiger partial charge in [0.2, 0.25) is 5.95 Å². The summed E-state index contributed by atoms with van der Waals surface area (Å²) in [6, 6.07) is 14.4. The van der Waals surface area contributed by atoms with E-state index in [1.54, 1.807) is 12.1 Å². The lowest BCUT2D eigenvalue weighted by atomic mass is 9.95. The third-order valence-corrected chi connectivity index (χ3v) is 9.32. The van der Waals surface area contributed by atoms with E-state index in [1.807, 2.05) is 50.2 Å². The highest BCUT2D eigenvalue weighted by Crippen LogP contribution is 2.64. The molecule has 7 rings (SSSR count). The summed E-state index contributed by atoms with van der Waals surface area (Å²) in [4.78, 5) is 37.3. The Bertz CT molecular complexity index is 1530. The van der Waals surface area contributed by atoms with Gasteiger partial charge in [-0.3, -0.25) is 9.69 Å². The van der Waals surface area contributed by atoms with Gasteiger partial charge in [-0.25, -0.2) is 9.78 Å². The minimum Gasteiger partial charge on any atom is -0.451 e. The summed E-state index contributed by atoms with van der Waals surface area (Å²) in [7, 11) is 0. The Labute approximate surface area is 238 Å². The Morgan fingerprint density at radius 3 is 2.73 bits per heavy atom. The van der Waals surface area contributed by atoms with Gasteiger partial charge in [-0.1, -0.05) is 30.3 Å². The summed E-state index contributed by atoms with van der Waals surface area (Å²) in [5.74, 6) is 1.16. The van der Waals surface area contributed by atoms with Gasteiger partial charge in [0.25, 0.3) is 5.91 Å². The molecule has 2 aromatic carbocycles. The highest BCUT2D eigenvalue weighted by atomic mass is 16.6. The molecule has 1 amide bonds. The monoisotopic (exact) mass is 554 g/mol. The highest BCUT2D eigenvalue weighted by molar-refractivity contribution is 5.99. The maximum Gasteiger partial charge on any atom is 0.339 e. The minimum atomic E-state index is -0.736. The Kier molecular flexibility index (Phi) is 6.02. The number of anilines is 3. The van der Waals surface area contributed by atoms with E-state index in [0.29, 0.717) is 46.6 Å². The van der Waals surface area contributed by atoms with E-state index >= 15 is 0 Å². The second kappa shape index (κ2) is 9.53. The van der Waals surface area contributed by atoms with Crippen LogP contribution in [0.15, 0.2) is 54.7 Å². The molecular weight excluding hydrogens is 520 g/mol. The van der Waals surface area contributed by atoms with Gasteiger partial charge in [0.15, 0.2) is 0 Å². The van der Waals surface area contributed by atoms with E-state index in [4.69, 9.17) is 4.74 Å². The average Bonchev–Trinajstić information content (AvgIpc) is 3.64. The highest BCUT2D eigenvalue weighted by Gasteiger charge is 2.69. The van der Waals surface area contributed by atoms with Crippen molar-refractivity contribution in [1.82, 2.24) is 20.2 Å². The number of esters is 1. The van der Waals surface area contributed by atoms with E-state index in [-0.39, 0.29) is 24.4 Å². The number of aliphatic hydroxyl groups excluding tert-OH is 1. The first kappa shape index (κ1) is 25.9. The van der Waals surface area contributed by atoms with Crippen LogP contribution in [0.4, 0.5) is 17.5 Å². The van der Waals surface area contributed by atoms with Crippen molar-refractivity contribution >= 4 is 29.3 Å². The molecule has 3 aromatic rings. The van der Waals surface area contributed by atoms with Crippen LogP contribution in [0.2, 0.25) is 0 Å². The number of aliphatic hydroxyl groups is 1. The van der Waals surface area contributed by atoms with Gasteiger partial charge in [0, 0.05) is 42.6 Å². The summed E-state index contributed by atoms with van der Waals surface area (Å²) in [6.07, 6.45) is 4.04. The molecule has 1 saturated carbocycles. The number of carbonyl (C=O) groups is 2. The number of hydrogen-bond acceptors (Lipinski definition) is 9. The number of fused-ring (bicyclic) bond motifs is 1. The molecule has 0 bridgehead atoms. The van der Waals surface area contributed by atoms with Crippen molar-refractivity contribution in [3.8, 4) is 0 Å². The summed E-state index contributed by atoms with van der Waals surface area (Å²) in [5, 5.41) is 19.8. The van der Waals surface area contributed by atoms with Crippen molar-refractivity contribution in [3.05, 3.63) is 77.0 Å². The van der Waals surface area contributed by atoms with Gasteiger partial charge in [0.1, 0.15) is 17.0 Å². The number of nitrogens with one attached hydrogen (secondary N) is 3. The van der Waals surface area contributed by atoms with Crippen LogP contribution < -0.4 is 16.0 Å². The molecule has 1 aliphatic carbocycles. The number of rotatable bonds is 9. The summed E-state index contributed by atoms with van der Waals surface area (Å²) < 4.78 is 5.49. The number of carbonyl (C=O) groups excluding carboxylic acids is 2. The van der Waals surface area contributed by atoms with Gasteiger partial charge in [0.05, 0.1) is 18.2 Å². The van der Waals surface area contributed by atoms with Gasteiger partial charge in [-0.15, -0.1) is 0 Å². The summed E-state index contributed by atoms with van der Waals surface area (Å²) in [6.45, 7) is 6.35. The van der Waals surface area contributed by atoms with Crippen LogP contribution in [0.25, 0.3) is 0 Å². The zero-order valence-corrected chi connectivity index (χ0v) is 23.2. The van der Waals surface area contributed by atoms with E-state index in [9.17, 15) is 14.7 Å². The maximum absolute atomic E-state index is 13.5. The van der Waals surface area contributed by atoms with E-state index in [2.05, 4.69) is 30.8 Å². The lowest BCUT2D eigenvalue weighted by Crippen LogP contribution is -2.48. The second-order valence-corrected chi connectivity index (χ2v) is 12.1. The number of nitrogens with zero attached hydrogens (tertiary/aromatic N) is 3. The molecule has 4 atom stereocenters. The largest absolute Gasteiger partial charge is 0.451 e. The predicted molar refractivity (Wildman–Crippen MR) is 153 cm³/mol. The van der Waals surface area contributed by atoms with Gasteiger partial charge in [-0.05, 0) is 62.3 Å². The molecule has 3 fully saturated rings. The average molecular weight is 555 g/mol. The molecule has 4 aliphatic rings. The van der Waals surface area contributed by atoms with Crippen LogP contribution in [0.3, 0.4) is 0 Å². The standard InChI is InChI=1S/C31H34N6O4/c1-30(2)23-12-20(8-9-21(23)28(40)41-30)34-29-33-15-22(26(36-29)35-25(17-38)18-6-4-3-5-7-18)27(39)32-14-19-16-37-11-10-31(37)13-24(19)31/h3-9,12,15,19,24-25,38H,10-11,13-14,16-17H2,1-2H3,(H,32,39)(H2,33,34,35,36)/t19?,24?,25-,31?/m1/s1. The van der Waals surface area contributed by atoms with Gasteiger partial charge >= 0.3 is 5.97 Å². The van der Waals surface area contributed by atoms with Crippen molar-refractivity contribution in [2.24, 2.45) is 11.8 Å². The summed E-state index contributed by atoms with van der Waals surface area (Å²) in [5.41, 5.74) is 2.88. The van der Waals surface area contributed by atoms with E-state index < -0.39 is 11.6 Å². The van der Waals surface area contributed by atoms with Gasteiger partial charge in [-0.2, -0.15) is 4.98 Å². The molecular formula is C31H34N6O4. The number of aromatic nitrogens is 2. The topological polar surface area (TPSA) is 129 Å². The molecule has 4 N–H and O–H groups in total. The SMILES string of the molecule is CC1(C)OC(=O)c2ccc(Nc3ncc(C(=O)NCC4CN5CCC56CC46)c(N[C@H](CO)c4ccccc4)n3)cc21. The first-order chi connectivity index (χ1) is 19.8. The molecule has 3 aliphatic heterocycles. The zero-order chi connectivity index (χ0) is 28.4. The van der Waals surface area contributed by atoms with Crippen molar-refractivity contribution in [1.29, 1.82) is 0 Å². The fraction of sp³-hybridized carbons (Fsp3) is 0.419. The molecule has 4 heterocycles. The Morgan fingerprint density at radius 1 is 1.22 bits per heavy atom. The van der Waals surface area contributed by atoms with Crippen LogP contribution >= 0.6 is 0 Å². The number of ether oxygens (including phenoxy) is 1. The fourth-order valence-electron chi connectivity index (χ4n) is 6.92. The molecule has 10 nitrogen and oxygen atoms in total. The summed E-state index contributed by atoms with van der Waals surface area (Å²) >= 11 is 0. The van der Waals surface area contributed by atoms with E-state index in [1.165, 1.54) is 25.6 Å². The Hall–Kier alpha value is -4.02. The Morgan fingerprint density at radius 2 is 2.05 bits per heavy atom. The fourth-order valence-corrected chi connectivity index (χ4v) is 6.92. The smallest absolute Gasteiger partial charge is 0.339 e. The molecule has 0 radical (unpaired) electrons. The number of hydrogen-bond donors (Lipinski definition) is 4. The molecule has 2 saturated heterocycles. The zero-order valence-electron chi connectivity index (χ0n) is 23.2. The van der Waals surface area contributed by atoms with Crippen molar-refractivity contribution in [2.75, 3.05) is 36.9 Å². The lowest BCUT2D eigenvalue weighted by Gasteiger charge is -2.38. The number of piperidine rings is 1. The predicted octanol–water partition coefficient (Wildman–Crippen LogP) is 3.60. The second-order valence-electron chi connectivity index (χ2n) is 12.1. The van der Waals surface area contributed by atoms with Crippen LogP contribution in [0, 0.1) is 11.8 Å². The maximum atomic E-state index is 13.5.